The van der Waals surface area contributed by atoms with Gasteiger partial charge in [-0.25, -0.2) is 4.79 Å². The molecule has 0 aliphatic heterocycles. The third-order valence-corrected chi connectivity index (χ3v) is 3.84. The number of fused-ring (bicyclic) bond motifs is 1. The highest BCUT2D eigenvalue weighted by molar-refractivity contribution is 7.85. The SMILES string of the molecule is O=C(N[C@@H](CS(=O)(=O)O)C(=O)O)c1cc2ccccc2cc1O. The van der Waals surface area contributed by atoms with E-state index < -0.39 is 33.8 Å². The average Bonchev–Trinajstić information content (AvgIpc) is 2.44. The highest BCUT2D eigenvalue weighted by atomic mass is 32.2. The van der Waals surface area contributed by atoms with Crippen LogP contribution in [-0.2, 0) is 14.9 Å². The summed E-state index contributed by atoms with van der Waals surface area (Å²) in [5.74, 6) is -4.15. The molecule has 23 heavy (non-hydrogen) atoms. The van der Waals surface area contributed by atoms with Crippen LogP contribution in [0.2, 0.25) is 0 Å². The Hall–Kier alpha value is -2.65. The number of aliphatic carboxylic acids is 1. The molecule has 4 N–H and O–H groups in total. The molecule has 0 heterocycles. The van der Waals surface area contributed by atoms with Crippen molar-refractivity contribution in [3.05, 3.63) is 42.0 Å². The Balaban J connectivity index is 2.32. The second-order valence-electron chi connectivity index (χ2n) is 4.83. The van der Waals surface area contributed by atoms with Gasteiger partial charge in [-0.2, -0.15) is 8.42 Å². The van der Waals surface area contributed by atoms with Gasteiger partial charge in [0.25, 0.3) is 16.0 Å². The minimum atomic E-state index is -4.60. The monoisotopic (exact) mass is 339 g/mol. The Labute approximate surface area is 131 Å². The van der Waals surface area contributed by atoms with E-state index >= 15 is 0 Å². The summed E-state index contributed by atoms with van der Waals surface area (Å²) >= 11 is 0. The van der Waals surface area contributed by atoms with E-state index in [9.17, 15) is 23.1 Å². The number of carboxylic acids is 1. The van der Waals surface area contributed by atoms with E-state index in [-0.39, 0.29) is 11.3 Å². The number of carbonyl (C=O) groups is 2. The molecular formula is C14H13NO7S. The molecule has 1 atom stereocenters. The number of aromatic hydroxyl groups is 1. The predicted molar refractivity (Wildman–Crippen MR) is 80.9 cm³/mol. The van der Waals surface area contributed by atoms with Crippen molar-refractivity contribution in [3.63, 3.8) is 0 Å². The third kappa shape index (κ3) is 4.18. The number of rotatable bonds is 5. The molecule has 0 aliphatic rings. The van der Waals surface area contributed by atoms with Crippen LogP contribution in [0.15, 0.2) is 36.4 Å². The van der Waals surface area contributed by atoms with Crippen molar-refractivity contribution < 1.29 is 32.8 Å². The van der Waals surface area contributed by atoms with E-state index in [0.717, 1.165) is 0 Å². The zero-order valence-electron chi connectivity index (χ0n) is 11.6. The van der Waals surface area contributed by atoms with Crippen molar-refractivity contribution in [2.45, 2.75) is 6.04 Å². The molecule has 2 aromatic carbocycles. The van der Waals surface area contributed by atoms with Gasteiger partial charge in [-0.3, -0.25) is 9.35 Å². The van der Waals surface area contributed by atoms with Gasteiger partial charge in [0.1, 0.15) is 17.5 Å². The standard InChI is InChI=1S/C14H13NO7S/c16-12-6-9-4-2-1-3-8(9)5-10(12)13(17)15-11(14(18)19)7-23(20,21)22/h1-6,11,16H,7H2,(H,15,17)(H,18,19)(H,20,21,22)/t11-/m0/s1. The largest absolute Gasteiger partial charge is 0.507 e. The number of phenols is 1. The van der Waals surface area contributed by atoms with E-state index in [0.29, 0.717) is 10.8 Å². The van der Waals surface area contributed by atoms with E-state index in [4.69, 9.17) is 9.66 Å². The van der Waals surface area contributed by atoms with Crippen molar-refractivity contribution in [1.29, 1.82) is 0 Å². The lowest BCUT2D eigenvalue weighted by Gasteiger charge is -2.14. The predicted octanol–water partition coefficient (Wildman–Crippen LogP) is 0.616. The van der Waals surface area contributed by atoms with E-state index in [1.165, 1.54) is 12.1 Å². The Morgan fingerprint density at radius 3 is 2.22 bits per heavy atom. The quantitative estimate of drug-likeness (QED) is 0.585. The molecule has 1 amide bonds. The first-order valence-corrected chi connectivity index (χ1v) is 7.99. The molecule has 0 unspecified atom stereocenters. The first-order chi connectivity index (χ1) is 10.7. The number of phenolic OH excluding ortho intramolecular Hbond substituents is 1. The molecule has 0 fully saturated rings. The second-order valence-corrected chi connectivity index (χ2v) is 6.33. The summed E-state index contributed by atoms with van der Waals surface area (Å²) in [6.07, 6.45) is 0. The van der Waals surface area contributed by atoms with Gasteiger partial charge in [-0.05, 0) is 22.9 Å². The van der Waals surface area contributed by atoms with E-state index in [1.54, 1.807) is 24.3 Å². The lowest BCUT2D eigenvalue weighted by Crippen LogP contribution is -2.45. The smallest absolute Gasteiger partial charge is 0.327 e. The van der Waals surface area contributed by atoms with Crippen molar-refractivity contribution in [1.82, 2.24) is 5.32 Å². The molecule has 0 aromatic heterocycles. The number of benzene rings is 2. The molecule has 0 saturated carbocycles. The van der Waals surface area contributed by atoms with Crippen molar-refractivity contribution in [3.8, 4) is 5.75 Å². The fourth-order valence-corrected chi connectivity index (χ4v) is 2.68. The number of nitrogens with one attached hydrogen (secondary N) is 1. The first kappa shape index (κ1) is 16.7. The number of amides is 1. The Morgan fingerprint density at radius 2 is 1.70 bits per heavy atom. The van der Waals surface area contributed by atoms with Crippen LogP contribution in [0.4, 0.5) is 0 Å². The highest BCUT2D eigenvalue weighted by Crippen LogP contribution is 2.24. The number of carboxylic acid groups (broad SMARTS) is 1. The summed E-state index contributed by atoms with van der Waals surface area (Å²) in [5, 5.41) is 22.1. The minimum absolute atomic E-state index is 0.203. The maximum Gasteiger partial charge on any atom is 0.327 e. The fraction of sp³-hybridized carbons (Fsp3) is 0.143. The van der Waals surface area contributed by atoms with Crippen LogP contribution in [0.3, 0.4) is 0 Å². The van der Waals surface area contributed by atoms with Gasteiger partial charge < -0.3 is 15.5 Å². The molecule has 0 saturated heterocycles. The molecule has 0 aliphatic carbocycles. The zero-order valence-corrected chi connectivity index (χ0v) is 12.4. The summed E-state index contributed by atoms with van der Waals surface area (Å²) in [5.41, 5.74) is -0.203. The summed E-state index contributed by atoms with van der Waals surface area (Å²) < 4.78 is 30.3. The van der Waals surface area contributed by atoms with Crippen LogP contribution >= 0.6 is 0 Å². The highest BCUT2D eigenvalue weighted by Gasteiger charge is 2.27. The first-order valence-electron chi connectivity index (χ1n) is 6.38. The fourth-order valence-electron chi connectivity index (χ4n) is 2.03. The number of hydrogen-bond donors (Lipinski definition) is 4. The van der Waals surface area contributed by atoms with Crippen LogP contribution in [0, 0.1) is 0 Å². The van der Waals surface area contributed by atoms with Gasteiger partial charge >= 0.3 is 5.97 Å². The maximum absolute atomic E-state index is 12.1. The van der Waals surface area contributed by atoms with E-state index in [2.05, 4.69) is 0 Å². The van der Waals surface area contributed by atoms with Crippen LogP contribution < -0.4 is 5.32 Å². The van der Waals surface area contributed by atoms with Gasteiger partial charge in [-0.1, -0.05) is 24.3 Å². The van der Waals surface area contributed by atoms with Gasteiger partial charge in [0.05, 0.1) is 5.56 Å². The van der Waals surface area contributed by atoms with Crippen LogP contribution in [0.1, 0.15) is 10.4 Å². The van der Waals surface area contributed by atoms with Crippen LogP contribution in [0.25, 0.3) is 10.8 Å². The molecular weight excluding hydrogens is 326 g/mol. The summed E-state index contributed by atoms with van der Waals surface area (Å²) in [7, 11) is -4.60. The average molecular weight is 339 g/mol. The molecule has 8 nitrogen and oxygen atoms in total. The van der Waals surface area contributed by atoms with Gasteiger partial charge in [-0.15, -0.1) is 0 Å². The Bertz CT molecular complexity index is 876. The van der Waals surface area contributed by atoms with E-state index in [1.807, 2.05) is 5.32 Å². The molecule has 0 radical (unpaired) electrons. The van der Waals surface area contributed by atoms with Gasteiger partial charge in [0.2, 0.25) is 0 Å². The topological polar surface area (TPSA) is 141 Å². The maximum atomic E-state index is 12.1. The molecule has 0 spiro atoms. The van der Waals surface area contributed by atoms with Crippen molar-refractivity contribution in [2.75, 3.05) is 5.75 Å². The van der Waals surface area contributed by atoms with Gasteiger partial charge in [0, 0.05) is 0 Å². The number of carbonyl (C=O) groups excluding carboxylic acids is 1. The lowest BCUT2D eigenvalue weighted by molar-refractivity contribution is -0.138. The van der Waals surface area contributed by atoms with Crippen LogP contribution in [-0.4, -0.2) is 46.9 Å². The molecule has 2 aromatic rings. The second kappa shape index (κ2) is 6.23. The Kier molecular flexibility index (Phi) is 4.52. The normalized spacial score (nSPS) is 12.7. The third-order valence-electron chi connectivity index (χ3n) is 3.09. The molecule has 9 heteroatoms. The number of hydrogen-bond acceptors (Lipinski definition) is 5. The summed E-state index contributed by atoms with van der Waals surface area (Å²) in [6, 6.07) is 7.72. The van der Waals surface area contributed by atoms with Crippen molar-refractivity contribution in [2.24, 2.45) is 0 Å². The van der Waals surface area contributed by atoms with Crippen LogP contribution in [0.5, 0.6) is 5.75 Å². The van der Waals surface area contributed by atoms with Gasteiger partial charge in [0.15, 0.2) is 0 Å². The minimum Gasteiger partial charge on any atom is -0.507 e. The lowest BCUT2D eigenvalue weighted by atomic mass is 10.1. The zero-order chi connectivity index (χ0) is 17.2. The summed E-state index contributed by atoms with van der Waals surface area (Å²) in [6.45, 7) is 0. The summed E-state index contributed by atoms with van der Waals surface area (Å²) in [4.78, 5) is 23.1. The molecule has 0 bridgehead atoms. The van der Waals surface area contributed by atoms with Crippen molar-refractivity contribution >= 4 is 32.8 Å². The Morgan fingerprint density at radius 1 is 1.13 bits per heavy atom. The molecule has 2 rings (SSSR count). The molecule has 122 valence electrons.